The maximum absolute atomic E-state index is 10.2. The average Bonchev–Trinajstić information content (AvgIpc) is 1.63. The van der Waals surface area contributed by atoms with Crippen LogP contribution >= 0.6 is 0 Å². The van der Waals surface area contributed by atoms with E-state index in [1.54, 1.807) is 0 Å². The van der Waals surface area contributed by atoms with E-state index < -0.39 is 5.97 Å². The van der Waals surface area contributed by atoms with Crippen LogP contribution in [0.4, 0.5) is 0 Å². The van der Waals surface area contributed by atoms with Gasteiger partial charge in [0.2, 0.25) is 0 Å². The Labute approximate surface area is 87.3 Å². The summed E-state index contributed by atoms with van der Waals surface area (Å²) in [6.07, 6.45) is 2.12. The molecular weight excluding hydrogens is 205 g/mol. The summed E-state index contributed by atoms with van der Waals surface area (Å²) in [5.41, 5.74) is -0.161. The number of hydrogen-bond acceptors (Lipinski definition) is 1. The molecule has 0 atom stereocenters. The zero-order valence-corrected chi connectivity index (χ0v) is 9.56. The van der Waals surface area contributed by atoms with Crippen LogP contribution in [-0.2, 0) is 37.5 Å². The van der Waals surface area contributed by atoms with E-state index in [4.69, 9.17) is 5.11 Å². The molecule has 0 unspecified atom stereocenters. The van der Waals surface area contributed by atoms with Crippen LogP contribution in [0.3, 0.4) is 0 Å². The van der Waals surface area contributed by atoms with Gasteiger partial charge in [0.05, 0.1) is 0 Å². The van der Waals surface area contributed by atoms with E-state index in [0.717, 1.165) is 0 Å². The van der Waals surface area contributed by atoms with Crippen molar-refractivity contribution in [2.75, 3.05) is 0 Å². The monoisotopic (exact) mass is 218 g/mol. The first kappa shape index (κ1) is 13.2. The Morgan fingerprint density at radius 2 is 2.00 bits per heavy atom. The minimum absolute atomic E-state index is 0. The van der Waals surface area contributed by atoms with Gasteiger partial charge >= 0.3 is 5.97 Å². The fourth-order valence-electron chi connectivity index (χ4n) is 0.492. The van der Waals surface area contributed by atoms with Crippen LogP contribution in [0.15, 0.2) is 0 Å². The van der Waals surface area contributed by atoms with Crippen molar-refractivity contribution >= 4 is 5.97 Å². The molecule has 3 heteroatoms. The van der Waals surface area contributed by atoms with Gasteiger partial charge in [-0.3, -0.25) is 4.79 Å². The van der Waals surface area contributed by atoms with Gasteiger partial charge in [0.15, 0.2) is 0 Å². The molecule has 0 amide bonds. The molecule has 2 nitrogen and oxygen atoms in total. The van der Waals surface area contributed by atoms with E-state index >= 15 is 0 Å². The van der Waals surface area contributed by atoms with Gasteiger partial charge < -0.3 is 11.5 Å². The summed E-state index contributed by atoms with van der Waals surface area (Å²) in [6.45, 7) is 5.69. The molecule has 0 aromatic rings. The van der Waals surface area contributed by atoms with Gasteiger partial charge in [-0.15, -0.1) is 0 Å². The van der Waals surface area contributed by atoms with Crippen LogP contribution in [0.2, 0.25) is 0 Å². The van der Waals surface area contributed by atoms with Gasteiger partial charge in [0.1, 0.15) is 0 Å². The first-order valence-corrected chi connectivity index (χ1v) is 3.00. The second-order valence-electron chi connectivity index (χ2n) is 2.85. The predicted molar refractivity (Wildman–Crippen MR) is 36.0 cm³/mol. The van der Waals surface area contributed by atoms with E-state index in [2.05, 4.69) is 0 Å². The minimum atomic E-state index is -0.738. The predicted octanol–water partition coefficient (Wildman–Crippen LogP) is 1.71. The van der Waals surface area contributed by atoms with Crippen LogP contribution in [0.1, 0.15) is 27.2 Å². The third kappa shape index (κ3) is 6.69. The molecule has 0 aliphatic rings. The molecule has 0 aliphatic carbocycles. The Kier molecular flexibility index (Phi) is 6.93. The molecule has 57 valence electrons. The molecule has 10 heavy (non-hydrogen) atoms. The minimum Gasteiger partial charge on any atom is -0.481 e. The van der Waals surface area contributed by atoms with Gasteiger partial charge in [-0.2, -0.15) is 12.3 Å². The molecule has 0 spiro atoms. The Bertz CT molecular complexity index is 110. The Balaban J connectivity index is 0. The summed E-state index contributed by atoms with van der Waals surface area (Å²) >= 11 is 0. The van der Waals surface area contributed by atoms with E-state index in [-0.39, 0.29) is 44.5 Å². The summed E-state index contributed by atoms with van der Waals surface area (Å²) in [4.78, 5) is 10.2. The zero-order valence-electron chi connectivity index (χ0n) is 6.72. The Hall–Kier alpha value is 0.574. The standard InChI is InChI=1S/C7H13O2.Y/c1-4-7(2,3)5-6(8)9;/h4H,5H2,1-3H3,(H,8,9);/q-1;. The van der Waals surface area contributed by atoms with Gasteiger partial charge in [0, 0.05) is 39.1 Å². The van der Waals surface area contributed by atoms with Crippen LogP contribution in [-0.4, -0.2) is 11.1 Å². The van der Waals surface area contributed by atoms with Gasteiger partial charge in [0.25, 0.3) is 0 Å². The van der Waals surface area contributed by atoms with Crippen molar-refractivity contribution in [3.05, 3.63) is 6.42 Å². The molecule has 1 radical (unpaired) electrons. The van der Waals surface area contributed by atoms with Crippen molar-refractivity contribution in [2.24, 2.45) is 5.41 Å². The average molecular weight is 218 g/mol. The summed E-state index contributed by atoms with van der Waals surface area (Å²) in [7, 11) is 0. The maximum atomic E-state index is 10.2. The van der Waals surface area contributed by atoms with Crippen molar-refractivity contribution in [1.82, 2.24) is 0 Å². The van der Waals surface area contributed by atoms with Crippen molar-refractivity contribution in [3.8, 4) is 0 Å². The zero-order chi connectivity index (χ0) is 7.49. The molecule has 1 N–H and O–H groups in total. The first-order valence-electron chi connectivity index (χ1n) is 3.00. The number of aliphatic carboxylic acids is 1. The molecular formula is C7H13O2Y-. The molecule has 0 bridgehead atoms. The molecule has 0 saturated heterocycles. The van der Waals surface area contributed by atoms with Crippen molar-refractivity contribution < 1.29 is 42.6 Å². The molecule has 0 rings (SSSR count). The van der Waals surface area contributed by atoms with Gasteiger partial charge in [-0.05, 0) is 0 Å². The number of carboxylic acid groups (broad SMARTS) is 1. The molecule has 0 aromatic carbocycles. The molecule has 0 aliphatic heterocycles. The normalized spacial score (nSPS) is 10.3. The van der Waals surface area contributed by atoms with E-state index in [1.165, 1.54) is 0 Å². The van der Waals surface area contributed by atoms with Gasteiger partial charge in [-0.25, -0.2) is 0 Å². The molecule has 0 aromatic heterocycles. The summed E-state index contributed by atoms with van der Waals surface area (Å²) in [6, 6.07) is 0. The fourth-order valence-corrected chi connectivity index (χ4v) is 0.492. The third-order valence-electron chi connectivity index (χ3n) is 1.39. The SMILES string of the molecule is C[CH-]C(C)(C)CC(=O)O.[Y]. The summed E-state index contributed by atoms with van der Waals surface area (Å²) < 4.78 is 0. The quantitative estimate of drug-likeness (QED) is 0.732. The Morgan fingerprint density at radius 3 is 2.10 bits per heavy atom. The maximum Gasteiger partial charge on any atom is 0.301 e. The van der Waals surface area contributed by atoms with Gasteiger partial charge in [-0.1, -0.05) is 13.8 Å². The van der Waals surface area contributed by atoms with Crippen LogP contribution in [0, 0.1) is 11.8 Å². The topological polar surface area (TPSA) is 37.3 Å². The van der Waals surface area contributed by atoms with Crippen LogP contribution in [0.5, 0.6) is 0 Å². The number of carbonyl (C=O) groups is 1. The molecule has 0 saturated carbocycles. The summed E-state index contributed by atoms with van der Waals surface area (Å²) in [5, 5.41) is 8.36. The smallest absolute Gasteiger partial charge is 0.301 e. The second-order valence-corrected chi connectivity index (χ2v) is 2.85. The van der Waals surface area contributed by atoms with Crippen molar-refractivity contribution in [1.29, 1.82) is 0 Å². The number of carboxylic acids is 1. The van der Waals surface area contributed by atoms with Crippen molar-refractivity contribution in [3.63, 3.8) is 0 Å². The molecule has 0 fully saturated rings. The van der Waals surface area contributed by atoms with E-state index in [0.29, 0.717) is 0 Å². The Morgan fingerprint density at radius 1 is 1.60 bits per heavy atom. The molecule has 0 heterocycles. The second kappa shape index (κ2) is 5.25. The fraction of sp³-hybridized carbons (Fsp3) is 0.714. The van der Waals surface area contributed by atoms with E-state index in [1.807, 2.05) is 27.2 Å². The largest absolute Gasteiger partial charge is 0.481 e. The number of rotatable bonds is 3. The number of hydrogen-bond donors (Lipinski definition) is 1. The summed E-state index contributed by atoms with van der Waals surface area (Å²) in [5.74, 6) is -0.738. The van der Waals surface area contributed by atoms with E-state index in [9.17, 15) is 4.79 Å². The van der Waals surface area contributed by atoms with Crippen molar-refractivity contribution in [2.45, 2.75) is 27.2 Å². The van der Waals surface area contributed by atoms with Crippen LogP contribution < -0.4 is 0 Å². The first-order chi connectivity index (χ1) is 3.98. The van der Waals surface area contributed by atoms with Crippen LogP contribution in [0.25, 0.3) is 0 Å². The third-order valence-corrected chi connectivity index (χ3v) is 1.39.